The number of fused-ring (bicyclic) bond motifs is 1. The summed E-state index contributed by atoms with van der Waals surface area (Å²) in [6.45, 7) is 9.97. The van der Waals surface area contributed by atoms with Crippen molar-refractivity contribution in [1.29, 1.82) is 0 Å². The number of phenolic OH excluding ortho intramolecular Hbond substituents is 1. The van der Waals surface area contributed by atoms with Crippen molar-refractivity contribution in [3.63, 3.8) is 0 Å². The van der Waals surface area contributed by atoms with Gasteiger partial charge in [0.15, 0.2) is 57.5 Å². The molecule has 0 unspecified atom stereocenters. The highest BCUT2D eigenvalue weighted by Crippen LogP contribution is 2.44. The molecule has 4 heterocycles. The van der Waals surface area contributed by atoms with Crippen LogP contribution < -0.4 is 52.1 Å². The fraction of sp³-hybridized carbons (Fsp3) is 0.318. The number of phenols is 1. The number of methoxy groups -OCH3 is 9. The highest BCUT2D eigenvalue weighted by atomic mass is 32.1. The topological polar surface area (TPSA) is 211 Å². The maximum Gasteiger partial charge on any atom is 0.244 e. The van der Waals surface area contributed by atoms with Crippen molar-refractivity contribution >= 4 is 33.4 Å². The molecular weight excluding hydrogens is 1150 g/mol. The minimum absolute atomic E-state index is 0.0318. The molecule has 10 rings (SSSR count). The predicted molar refractivity (Wildman–Crippen MR) is 338 cm³/mol. The second-order valence-corrected chi connectivity index (χ2v) is 21.2. The van der Waals surface area contributed by atoms with Gasteiger partial charge in [-0.3, -0.25) is 9.59 Å². The van der Waals surface area contributed by atoms with Crippen molar-refractivity contribution in [3.8, 4) is 125 Å². The summed E-state index contributed by atoms with van der Waals surface area (Å²) in [5.41, 5.74) is 7.05. The third-order valence-electron chi connectivity index (χ3n) is 14.8. The molecule has 3 aromatic heterocycles. The van der Waals surface area contributed by atoms with E-state index in [1.165, 1.54) is 62.4 Å². The van der Waals surface area contributed by atoms with Gasteiger partial charge in [-0.15, -0.1) is 11.3 Å². The normalized spacial score (nSPS) is 12.4. The van der Waals surface area contributed by atoms with Gasteiger partial charge in [0.2, 0.25) is 23.3 Å². The van der Waals surface area contributed by atoms with Crippen molar-refractivity contribution < 1.29 is 66.8 Å². The van der Waals surface area contributed by atoms with Gasteiger partial charge in [-0.2, -0.15) is 19.6 Å². The fourth-order valence-corrected chi connectivity index (χ4v) is 11.2. The Morgan fingerprint density at radius 3 is 1.33 bits per heavy atom. The Hall–Kier alpha value is -9.51. The highest BCUT2D eigenvalue weighted by molar-refractivity contribution is 7.21. The number of rotatable bonds is 24. The van der Waals surface area contributed by atoms with Crippen molar-refractivity contribution in [3.05, 3.63) is 115 Å². The maximum atomic E-state index is 12.8. The van der Waals surface area contributed by atoms with Crippen LogP contribution in [0.4, 0.5) is 0 Å². The SMILES string of the molecule is COc1cc(-c2nc3ccccc3s2)ccc1OCCCN1CCN(CCCOc2cc(-c3cc(-c4cc(OC)c(OC)c(OC)c4)nn3C(C)=O)ccc2OC)CC1.COc1ccc(-c2cc(-c3cc(OC)c(OC)c(OC)c3)nn2C(C)=O)cc1O. The molecule has 0 amide bonds. The van der Waals surface area contributed by atoms with Gasteiger partial charge in [-0.05, 0) is 116 Å². The first-order valence-corrected chi connectivity index (χ1v) is 29.2. The molecule has 21 nitrogen and oxygen atoms in total. The van der Waals surface area contributed by atoms with Crippen LogP contribution in [-0.4, -0.2) is 168 Å². The molecule has 462 valence electrons. The van der Waals surface area contributed by atoms with E-state index in [0.29, 0.717) is 110 Å². The summed E-state index contributed by atoms with van der Waals surface area (Å²) in [5.74, 6) is 5.36. The molecule has 1 aliphatic heterocycles. The summed E-state index contributed by atoms with van der Waals surface area (Å²) >= 11 is 1.68. The fourth-order valence-electron chi connectivity index (χ4n) is 10.3. The number of aromatic nitrogens is 5. The zero-order valence-corrected chi connectivity index (χ0v) is 52.2. The summed E-state index contributed by atoms with van der Waals surface area (Å²) in [4.78, 5) is 34.7. The molecule has 1 fully saturated rings. The standard InChI is InChI=1S/C45H51N5O8S.C21H22N2O6/c1-30(51)50-36(29-35(47-50)33-27-41(54-4)44(56-6)42(28-33)55-5)31-13-15-37(52-2)40(25-31)58-24-10-18-49-21-19-48(20-22-49)17-9-23-57-38-16-14-32(26-39(38)53-3)45-46-34-11-7-8-12-43(34)59-45;1-12(24)23-16(13-6-7-18(26-2)17(25)8-13)11-15(22-23)14-9-19(27-3)21(29-5)20(10-14)28-4/h7-8,11-16,25-29H,9-10,17-24H2,1-6H3;6-11,25H,1-5H3. The first kappa shape index (κ1) is 63.0. The second kappa shape index (κ2) is 29.3. The molecule has 0 radical (unpaired) electrons. The van der Waals surface area contributed by atoms with Gasteiger partial charge in [-0.25, -0.2) is 4.98 Å². The molecular formula is C66H73N7O14S. The number of ether oxygens (including phenoxy) is 11. The zero-order valence-electron chi connectivity index (χ0n) is 51.3. The van der Waals surface area contributed by atoms with Crippen LogP contribution in [-0.2, 0) is 0 Å². The van der Waals surface area contributed by atoms with Gasteiger partial charge >= 0.3 is 0 Å². The zero-order chi connectivity index (χ0) is 62.4. The first-order valence-electron chi connectivity index (χ1n) is 28.4. The minimum atomic E-state index is -0.269. The predicted octanol–water partition coefficient (Wildman–Crippen LogP) is 11.7. The number of carbonyl (C=O) groups excluding carboxylic acids is 2. The number of carbonyl (C=O) groups is 2. The Bertz CT molecular complexity index is 3810. The van der Waals surface area contributed by atoms with Crippen LogP contribution in [0.5, 0.6) is 69.0 Å². The lowest BCUT2D eigenvalue weighted by molar-refractivity contribution is 0.0915. The summed E-state index contributed by atoms with van der Waals surface area (Å²) in [5, 5.41) is 20.2. The molecule has 0 saturated carbocycles. The van der Waals surface area contributed by atoms with Crippen LogP contribution in [0.15, 0.2) is 115 Å². The Balaban J connectivity index is 0.000000266. The Morgan fingerprint density at radius 2 is 0.875 bits per heavy atom. The van der Waals surface area contributed by atoms with E-state index in [4.69, 9.17) is 57.1 Å². The number of thiazole rings is 1. The van der Waals surface area contributed by atoms with E-state index < -0.39 is 0 Å². The van der Waals surface area contributed by atoms with Gasteiger partial charge < -0.3 is 67.0 Å². The molecule has 0 bridgehead atoms. The van der Waals surface area contributed by atoms with Crippen molar-refractivity contribution in [2.24, 2.45) is 0 Å². The third-order valence-corrected chi connectivity index (χ3v) is 15.9. The number of hydrogen-bond donors (Lipinski definition) is 1. The van der Waals surface area contributed by atoms with Crippen LogP contribution >= 0.6 is 11.3 Å². The molecule has 88 heavy (non-hydrogen) atoms. The van der Waals surface area contributed by atoms with E-state index in [0.717, 1.165) is 79.5 Å². The number of hydrogen-bond acceptors (Lipinski definition) is 20. The average Bonchev–Trinajstić information content (AvgIpc) is 2.18. The van der Waals surface area contributed by atoms with Crippen molar-refractivity contribution in [1.82, 2.24) is 34.3 Å². The maximum absolute atomic E-state index is 12.8. The van der Waals surface area contributed by atoms with Crippen LogP contribution in [0.2, 0.25) is 0 Å². The van der Waals surface area contributed by atoms with Crippen LogP contribution in [0.1, 0.15) is 36.3 Å². The number of nitrogens with zero attached hydrogens (tertiary/aromatic N) is 7. The smallest absolute Gasteiger partial charge is 0.244 e. The van der Waals surface area contributed by atoms with Crippen LogP contribution in [0.25, 0.3) is 65.8 Å². The Labute approximate surface area is 515 Å². The van der Waals surface area contributed by atoms with Gasteiger partial charge in [0.05, 0.1) is 110 Å². The van der Waals surface area contributed by atoms with Gasteiger partial charge in [0, 0.05) is 80.9 Å². The number of piperazine rings is 1. The van der Waals surface area contributed by atoms with Crippen LogP contribution in [0.3, 0.4) is 0 Å². The largest absolute Gasteiger partial charge is 0.504 e. The minimum Gasteiger partial charge on any atom is -0.504 e. The number of aromatic hydroxyl groups is 1. The van der Waals surface area contributed by atoms with E-state index in [2.05, 4.69) is 32.1 Å². The molecule has 1 N–H and O–H groups in total. The number of benzene rings is 6. The van der Waals surface area contributed by atoms with Crippen molar-refractivity contribution in [2.45, 2.75) is 26.7 Å². The van der Waals surface area contributed by atoms with Crippen LogP contribution in [0, 0.1) is 0 Å². The summed E-state index contributed by atoms with van der Waals surface area (Å²) in [6, 6.07) is 35.5. The molecule has 0 spiro atoms. The third kappa shape index (κ3) is 14.3. The summed E-state index contributed by atoms with van der Waals surface area (Å²) in [6.07, 6.45) is 1.79. The van der Waals surface area contributed by atoms with Gasteiger partial charge in [0.25, 0.3) is 0 Å². The first-order chi connectivity index (χ1) is 42.7. The van der Waals surface area contributed by atoms with E-state index >= 15 is 0 Å². The van der Waals surface area contributed by atoms with E-state index in [1.807, 2.05) is 54.6 Å². The van der Waals surface area contributed by atoms with Gasteiger partial charge in [-0.1, -0.05) is 12.1 Å². The Morgan fingerprint density at radius 1 is 0.455 bits per heavy atom. The molecule has 1 saturated heterocycles. The quantitative estimate of drug-likeness (QED) is 0.0557. The Kier molecular flexibility index (Phi) is 20.9. The monoisotopic (exact) mass is 1220 g/mol. The average molecular weight is 1220 g/mol. The molecule has 1 aliphatic rings. The van der Waals surface area contributed by atoms with E-state index in [9.17, 15) is 14.7 Å². The molecule has 0 aliphatic carbocycles. The number of para-hydroxylation sites is 1. The van der Waals surface area contributed by atoms with E-state index in [-0.39, 0.29) is 17.6 Å². The molecule has 0 atom stereocenters. The lowest BCUT2D eigenvalue weighted by Crippen LogP contribution is -2.47. The molecule has 9 aromatic rings. The molecule has 22 heteroatoms. The lowest BCUT2D eigenvalue weighted by atomic mass is 10.1. The second-order valence-electron chi connectivity index (χ2n) is 20.2. The lowest BCUT2D eigenvalue weighted by Gasteiger charge is -2.34. The summed E-state index contributed by atoms with van der Waals surface area (Å²) in [7, 11) is 14.0. The highest BCUT2D eigenvalue weighted by Gasteiger charge is 2.24. The summed E-state index contributed by atoms with van der Waals surface area (Å²) < 4.78 is 65.4. The van der Waals surface area contributed by atoms with E-state index in [1.54, 1.807) is 89.4 Å². The molecule has 6 aromatic carbocycles. The van der Waals surface area contributed by atoms with Gasteiger partial charge in [0.1, 0.15) is 5.01 Å². The van der Waals surface area contributed by atoms with Crippen molar-refractivity contribution in [2.75, 3.05) is 116 Å².